The van der Waals surface area contributed by atoms with Crippen molar-refractivity contribution < 1.29 is 9.39 Å². The SMILES string of the molecule is Cc1ccc(Oc2ccc(C)cc2C)cc1.[C-]#[O+]. The van der Waals surface area contributed by atoms with Gasteiger partial charge in [-0.15, -0.1) is 0 Å². The van der Waals surface area contributed by atoms with Gasteiger partial charge in [-0.3, -0.25) is 0 Å². The number of benzene rings is 2. The van der Waals surface area contributed by atoms with Gasteiger partial charge in [0.05, 0.1) is 0 Å². The fraction of sp³-hybridized carbons (Fsp3) is 0.188. The molecule has 0 saturated carbocycles. The second-order valence-corrected chi connectivity index (χ2v) is 4.18. The molecule has 2 nitrogen and oxygen atoms in total. The summed E-state index contributed by atoms with van der Waals surface area (Å²) in [6.45, 7) is 10.7. The third-order valence-electron chi connectivity index (χ3n) is 2.58. The molecule has 0 radical (unpaired) electrons. The van der Waals surface area contributed by atoms with Crippen molar-refractivity contribution in [2.45, 2.75) is 20.8 Å². The van der Waals surface area contributed by atoms with Gasteiger partial charge in [0.1, 0.15) is 11.5 Å². The molecule has 92 valence electrons. The summed E-state index contributed by atoms with van der Waals surface area (Å²) in [5, 5.41) is 0. The van der Waals surface area contributed by atoms with Gasteiger partial charge in [-0.05, 0) is 44.5 Å². The van der Waals surface area contributed by atoms with Crippen molar-refractivity contribution in [3.05, 3.63) is 65.8 Å². The maximum absolute atomic E-state index is 7.50. The van der Waals surface area contributed by atoms with Crippen molar-refractivity contribution in [1.29, 1.82) is 0 Å². The summed E-state index contributed by atoms with van der Waals surface area (Å²) >= 11 is 0. The van der Waals surface area contributed by atoms with E-state index in [1.807, 2.05) is 18.2 Å². The van der Waals surface area contributed by atoms with Crippen LogP contribution < -0.4 is 4.74 Å². The minimum absolute atomic E-state index is 0.887. The van der Waals surface area contributed by atoms with Gasteiger partial charge in [-0.2, -0.15) is 0 Å². The zero-order chi connectivity index (χ0) is 13.5. The number of aryl methyl sites for hydroxylation is 3. The Morgan fingerprint density at radius 2 is 1.39 bits per heavy atom. The summed E-state index contributed by atoms with van der Waals surface area (Å²) in [7, 11) is 0. The number of rotatable bonds is 2. The van der Waals surface area contributed by atoms with Crippen LogP contribution in [0.4, 0.5) is 0 Å². The summed E-state index contributed by atoms with van der Waals surface area (Å²) in [6.07, 6.45) is 0. The molecule has 2 aromatic rings. The van der Waals surface area contributed by atoms with E-state index in [-0.39, 0.29) is 0 Å². The summed E-state index contributed by atoms with van der Waals surface area (Å²) in [5.74, 6) is 1.81. The van der Waals surface area contributed by atoms with Gasteiger partial charge < -0.3 is 4.74 Å². The molecule has 2 aromatic carbocycles. The van der Waals surface area contributed by atoms with Crippen molar-refractivity contribution in [3.63, 3.8) is 0 Å². The molecule has 2 heteroatoms. The zero-order valence-electron chi connectivity index (χ0n) is 10.9. The van der Waals surface area contributed by atoms with E-state index in [1.165, 1.54) is 16.7 Å². The van der Waals surface area contributed by atoms with E-state index in [2.05, 4.69) is 51.7 Å². The molecule has 2 rings (SSSR count). The minimum atomic E-state index is 0.887. The van der Waals surface area contributed by atoms with Gasteiger partial charge in [0.25, 0.3) is 0 Å². The van der Waals surface area contributed by atoms with E-state index in [1.54, 1.807) is 0 Å². The molecule has 0 heterocycles. The molecule has 0 aliphatic carbocycles. The fourth-order valence-electron chi connectivity index (χ4n) is 1.65. The molecule has 18 heavy (non-hydrogen) atoms. The fourth-order valence-corrected chi connectivity index (χ4v) is 1.65. The van der Waals surface area contributed by atoms with E-state index >= 15 is 0 Å². The summed E-state index contributed by atoms with van der Waals surface area (Å²) in [6, 6.07) is 14.3. The Hall–Kier alpha value is -2.02. The first kappa shape index (κ1) is 14.0. The van der Waals surface area contributed by atoms with E-state index in [0.29, 0.717) is 0 Å². The summed E-state index contributed by atoms with van der Waals surface area (Å²) in [4.78, 5) is 0. The van der Waals surface area contributed by atoms with Crippen LogP contribution in [0.1, 0.15) is 16.7 Å². The molecule has 0 saturated heterocycles. The summed E-state index contributed by atoms with van der Waals surface area (Å²) < 4.78 is 13.3. The Bertz CT molecular complexity index is 525. The second kappa shape index (κ2) is 6.65. The quantitative estimate of drug-likeness (QED) is 0.566. The normalized spacial score (nSPS) is 9.17. The van der Waals surface area contributed by atoms with Gasteiger partial charge in [0.15, 0.2) is 0 Å². The van der Waals surface area contributed by atoms with Crippen LogP contribution in [0.5, 0.6) is 11.5 Å². The monoisotopic (exact) mass is 240 g/mol. The maximum atomic E-state index is 7.50. The zero-order valence-corrected chi connectivity index (χ0v) is 10.9. The molecule has 0 N–H and O–H groups in total. The molecule has 0 atom stereocenters. The predicted molar refractivity (Wildman–Crippen MR) is 71.1 cm³/mol. The molecule has 0 amide bonds. The third-order valence-corrected chi connectivity index (χ3v) is 2.58. The van der Waals surface area contributed by atoms with Gasteiger partial charge in [0.2, 0.25) is 0 Å². The number of hydrogen-bond acceptors (Lipinski definition) is 1. The van der Waals surface area contributed by atoms with E-state index < -0.39 is 0 Å². The Morgan fingerprint density at radius 1 is 0.833 bits per heavy atom. The molecule has 0 spiro atoms. The standard InChI is InChI=1S/C15H16O.CO/c1-11-4-7-14(8-5-11)16-15-9-6-12(2)10-13(15)3;1-2/h4-10H,1-3H3;. The van der Waals surface area contributed by atoms with Crippen LogP contribution in [0, 0.1) is 27.4 Å². The molecule has 0 aliphatic rings. The van der Waals surface area contributed by atoms with Crippen LogP contribution in [0.2, 0.25) is 0 Å². The molecular formula is C16H16O2. The Morgan fingerprint density at radius 3 is 1.94 bits per heavy atom. The first-order valence-corrected chi connectivity index (χ1v) is 5.67. The van der Waals surface area contributed by atoms with Gasteiger partial charge >= 0.3 is 11.3 Å². The van der Waals surface area contributed by atoms with Crippen LogP contribution in [0.25, 0.3) is 0 Å². The van der Waals surface area contributed by atoms with Crippen molar-refractivity contribution in [1.82, 2.24) is 0 Å². The van der Waals surface area contributed by atoms with Crippen LogP contribution in [0.3, 0.4) is 0 Å². The van der Waals surface area contributed by atoms with Crippen molar-refractivity contribution in [2.75, 3.05) is 0 Å². The number of hydrogen-bond donors (Lipinski definition) is 0. The third kappa shape index (κ3) is 3.77. The molecule has 0 fully saturated rings. The van der Waals surface area contributed by atoms with E-state index in [4.69, 9.17) is 9.39 Å². The Balaban J connectivity index is 0.000000771. The van der Waals surface area contributed by atoms with Crippen molar-refractivity contribution >= 4 is 0 Å². The Kier molecular flexibility index (Phi) is 5.19. The van der Waals surface area contributed by atoms with E-state index in [0.717, 1.165) is 11.5 Å². The van der Waals surface area contributed by atoms with Crippen LogP contribution >= 0.6 is 0 Å². The second-order valence-electron chi connectivity index (χ2n) is 4.18. The van der Waals surface area contributed by atoms with Crippen molar-refractivity contribution in [2.24, 2.45) is 0 Å². The summed E-state index contributed by atoms with van der Waals surface area (Å²) in [5.41, 5.74) is 3.67. The topological polar surface area (TPSA) is 29.1 Å². The van der Waals surface area contributed by atoms with Gasteiger partial charge in [-0.25, -0.2) is 0 Å². The number of ether oxygens (including phenoxy) is 1. The average molecular weight is 240 g/mol. The first-order chi connectivity index (χ1) is 8.65. The van der Waals surface area contributed by atoms with Gasteiger partial charge in [0, 0.05) is 0 Å². The van der Waals surface area contributed by atoms with Crippen LogP contribution in [-0.2, 0) is 4.65 Å². The molecular weight excluding hydrogens is 224 g/mol. The Labute approximate surface area is 108 Å². The molecule has 0 bridgehead atoms. The van der Waals surface area contributed by atoms with Gasteiger partial charge in [-0.1, -0.05) is 35.4 Å². The van der Waals surface area contributed by atoms with Crippen LogP contribution in [-0.4, -0.2) is 0 Å². The van der Waals surface area contributed by atoms with Crippen LogP contribution in [0.15, 0.2) is 42.5 Å². The first-order valence-electron chi connectivity index (χ1n) is 5.67. The molecule has 0 aliphatic heterocycles. The average Bonchev–Trinajstić information content (AvgIpc) is 2.38. The predicted octanol–water partition coefficient (Wildman–Crippen LogP) is 4.37. The van der Waals surface area contributed by atoms with E-state index in [9.17, 15) is 0 Å². The van der Waals surface area contributed by atoms with Crippen molar-refractivity contribution in [3.8, 4) is 11.5 Å². The molecule has 0 unspecified atom stereocenters. The molecule has 0 aromatic heterocycles.